The molecule has 86 valence electrons. The van der Waals surface area contributed by atoms with Gasteiger partial charge in [0.15, 0.2) is 11.5 Å². The van der Waals surface area contributed by atoms with Crippen LogP contribution in [0, 0.1) is 0 Å². The molecule has 1 aliphatic rings. The molecule has 1 aromatic heterocycles. The van der Waals surface area contributed by atoms with Gasteiger partial charge in [-0.25, -0.2) is 4.79 Å². The lowest BCUT2D eigenvalue weighted by atomic mass is 10.1. The number of hydrogen-bond donors (Lipinski definition) is 0. The molecule has 1 saturated heterocycles. The quantitative estimate of drug-likeness (QED) is 0.703. The first-order valence-corrected chi connectivity index (χ1v) is 5.48. The van der Waals surface area contributed by atoms with Gasteiger partial charge in [0.05, 0.1) is 7.11 Å². The number of carbonyl (C=O) groups excluding carboxylic acids is 1. The Morgan fingerprint density at radius 1 is 1.25 bits per heavy atom. The van der Waals surface area contributed by atoms with Crippen LogP contribution in [0.2, 0.25) is 0 Å². The third-order valence-electron chi connectivity index (χ3n) is 2.73. The van der Waals surface area contributed by atoms with E-state index in [1.54, 1.807) is 6.07 Å². The molecule has 0 amide bonds. The van der Waals surface area contributed by atoms with Crippen molar-refractivity contribution in [2.45, 2.75) is 19.3 Å². The average molecular weight is 221 g/mol. The molecule has 0 aliphatic carbocycles. The summed E-state index contributed by atoms with van der Waals surface area (Å²) >= 11 is 0. The predicted octanol–water partition coefficient (Wildman–Crippen LogP) is 1.25. The van der Waals surface area contributed by atoms with Crippen molar-refractivity contribution in [2.24, 2.45) is 0 Å². The summed E-state index contributed by atoms with van der Waals surface area (Å²) in [6, 6.07) is 3.48. The molecule has 1 aromatic rings. The Balaban J connectivity index is 2.09. The van der Waals surface area contributed by atoms with E-state index >= 15 is 0 Å². The van der Waals surface area contributed by atoms with Crippen molar-refractivity contribution in [3.8, 4) is 0 Å². The lowest BCUT2D eigenvalue weighted by Crippen LogP contribution is -2.30. The van der Waals surface area contributed by atoms with E-state index in [0.29, 0.717) is 0 Å². The van der Waals surface area contributed by atoms with Crippen LogP contribution in [0.5, 0.6) is 0 Å². The summed E-state index contributed by atoms with van der Waals surface area (Å²) in [6.45, 7) is 2.04. The van der Waals surface area contributed by atoms with E-state index in [1.165, 1.54) is 26.4 Å². The minimum atomic E-state index is -0.447. The van der Waals surface area contributed by atoms with Crippen molar-refractivity contribution in [3.63, 3.8) is 0 Å². The monoisotopic (exact) mass is 221 g/mol. The highest BCUT2D eigenvalue weighted by molar-refractivity contribution is 5.86. The number of nitrogens with zero attached hydrogens (tertiary/aromatic N) is 3. The van der Waals surface area contributed by atoms with Gasteiger partial charge in [0, 0.05) is 13.1 Å². The number of carbonyl (C=O) groups is 1. The summed E-state index contributed by atoms with van der Waals surface area (Å²) in [6.07, 6.45) is 3.67. The van der Waals surface area contributed by atoms with E-state index in [0.717, 1.165) is 18.9 Å². The van der Waals surface area contributed by atoms with Gasteiger partial charge in [0.2, 0.25) is 0 Å². The van der Waals surface area contributed by atoms with Crippen LogP contribution in [-0.2, 0) is 4.74 Å². The van der Waals surface area contributed by atoms with E-state index in [4.69, 9.17) is 0 Å². The summed E-state index contributed by atoms with van der Waals surface area (Å²) in [5, 5.41) is 7.90. The first-order valence-electron chi connectivity index (χ1n) is 5.48. The Morgan fingerprint density at radius 2 is 2.00 bits per heavy atom. The zero-order valence-electron chi connectivity index (χ0n) is 9.35. The molecule has 0 aromatic carbocycles. The maximum absolute atomic E-state index is 11.2. The highest BCUT2D eigenvalue weighted by Crippen LogP contribution is 2.16. The maximum atomic E-state index is 11.2. The molecule has 0 bridgehead atoms. The van der Waals surface area contributed by atoms with E-state index in [1.807, 2.05) is 6.07 Å². The molecular weight excluding hydrogens is 206 g/mol. The number of hydrogen-bond acceptors (Lipinski definition) is 5. The fourth-order valence-electron chi connectivity index (χ4n) is 1.83. The van der Waals surface area contributed by atoms with E-state index in [2.05, 4.69) is 19.8 Å². The van der Waals surface area contributed by atoms with Gasteiger partial charge in [-0.2, -0.15) is 0 Å². The second kappa shape index (κ2) is 4.92. The maximum Gasteiger partial charge on any atom is 0.358 e. The molecule has 0 spiro atoms. The van der Waals surface area contributed by atoms with Crippen LogP contribution >= 0.6 is 0 Å². The normalized spacial score (nSPS) is 15.9. The van der Waals surface area contributed by atoms with Crippen LogP contribution in [0.1, 0.15) is 29.8 Å². The Morgan fingerprint density at radius 3 is 2.56 bits per heavy atom. The molecule has 2 heterocycles. The molecule has 2 rings (SSSR count). The van der Waals surface area contributed by atoms with E-state index in [-0.39, 0.29) is 5.69 Å². The summed E-state index contributed by atoms with van der Waals surface area (Å²) in [5.74, 6) is 0.394. The molecule has 0 unspecified atom stereocenters. The lowest BCUT2D eigenvalue weighted by Gasteiger charge is -2.27. The molecule has 0 saturated carbocycles. The Bertz CT molecular complexity index is 358. The third kappa shape index (κ3) is 2.29. The fourth-order valence-corrected chi connectivity index (χ4v) is 1.83. The summed E-state index contributed by atoms with van der Waals surface area (Å²) in [5.41, 5.74) is 0.253. The van der Waals surface area contributed by atoms with Crippen molar-refractivity contribution in [2.75, 3.05) is 25.1 Å². The van der Waals surface area contributed by atoms with Gasteiger partial charge >= 0.3 is 5.97 Å². The Hall–Kier alpha value is -1.65. The molecule has 0 atom stereocenters. The highest BCUT2D eigenvalue weighted by Gasteiger charge is 2.14. The fraction of sp³-hybridized carbons (Fsp3) is 0.545. The summed E-state index contributed by atoms with van der Waals surface area (Å²) in [4.78, 5) is 13.4. The number of ether oxygens (including phenoxy) is 1. The van der Waals surface area contributed by atoms with Gasteiger partial charge < -0.3 is 9.64 Å². The summed E-state index contributed by atoms with van der Waals surface area (Å²) < 4.78 is 4.57. The van der Waals surface area contributed by atoms with Crippen molar-refractivity contribution in [3.05, 3.63) is 17.8 Å². The second-order valence-electron chi connectivity index (χ2n) is 3.82. The molecule has 5 heteroatoms. The van der Waals surface area contributed by atoms with Crippen molar-refractivity contribution in [1.29, 1.82) is 0 Å². The van der Waals surface area contributed by atoms with Crippen molar-refractivity contribution < 1.29 is 9.53 Å². The SMILES string of the molecule is COC(=O)c1ccc(N2CCCCC2)nn1. The molecule has 0 radical (unpaired) electrons. The van der Waals surface area contributed by atoms with Crippen LogP contribution in [0.3, 0.4) is 0 Å². The number of piperidine rings is 1. The lowest BCUT2D eigenvalue weighted by molar-refractivity contribution is 0.0592. The second-order valence-corrected chi connectivity index (χ2v) is 3.82. The number of methoxy groups -OCH3 is 1. The number of esters is 1. The number of rotatable bonds is 2. The molecule has 0 N–H and O–H groups in total. The number of aromatic nitrogens is 2. The molecule has 16 heavy (non-hydrogen) atoms. The predicted molar refractivity (Wildman–Crippen MR) is 59.4 cm³/mol. The summed E-state index contributed by atoms with van der Waals surface area (Å²) in [7, 11) is 1.34. The van der Waals surface area contributed by atoms with Gasteiger partial charge in [0.25, 0.3) is 0 Å². The van der Waals surface area contributed by atoms with Crippen molar-refractivity contribution >= 4 is 11.8 Å². The zero-order valence-corrected chi connectivity index (χ0v) is 9.35. The van der Waals surface area contributed by atoms with Gasteiger partial charge in [-0.05, 0) is 31.4 Å². The number of anilines is 1. The van der Waals surface area contributed by atoms with Gasteiger partial charge in [-0.1, -0.05) is 0 Å². The minimum Gasteiger partial charge on any atom is -0.464 e. The Labute approximate surface area is 94.4 Å². The molecule has 1 aliphatic heterocycles. The van der Waals surface area contributed by atoms with Crippen molar-refractivity contribution in [1.82, 2.24) is 10.2 Å². The smallest absolute Gasteiger partial charge is 0.358 e. The standard InChI is InChI=1S/C11H15N3O2/c1-16-11(15)9-5-6-10(13-12-9)14-7-3-2-4-8-14/h5-6H,2-4,7-8H2,1H3. The van der Waals surface area contributed by atoms with Crippen LogP contribution in [0.15, 0.2) is 12.1 Å². The highest BCUT2D eigenvalue weighted by atomic mass is 16.5. The van der Waals surface area contributed by atoms with E-state index < -0.39 is 5.97 Å². The minimum absolute atomic E-state index is 0.253. The average Bonchev–Trinajstić information content (AvgIpc) is 2.39. The topological polar surface area (TPSA) is 55.3 Å². The van der Waals surface area contributed by atoms with Crippen LogP contribution < -0.4 is 4.90 Å². The molecule has 5 nitrogen and oxygen atoms in total. The van der Waals surface area contributed by atoms with Crippen LogP contribution in [-0.4, -0.2) is 36.4 Å². The zero-order chi connectivity index (χ0) is 11.4. The third-order valence-corrected chi connectivity index (χ3v) is 2.73. The first kappa shape index (κ1) is 10.9. The molecular formula is C11H15N3O2. The van der Waals surface area contributed by atoms with Crippen LogP contribution in [0.4, 0.5) is 5.82 Å². The largest absolute Gasteiger partial charge is 0.464 e. The first-order chi connectivity index (χ1) is 7.81. The van der Waals surface area contributed by atoms with Gasteiger partial charge in [-0.3, -0.25) is 0 Å². The van der Waals surface area contributed by atoms with E-state index in [9.17, 15) is 4.79 Å². The van der Waals surface area contributed by atoms with Gasteiger partial charge in [0.1, 0.15) is 0 Å². The van der Waals surface area contributed by atoms with Gasteiger partial charge in [-0.15, -0.1) is 10.2 Å². The Kier molecular flexibility index (Phi) is 3.34. The van der Waals surface area contributed by atoms with Crippen LogP contribution in [0.25, 0.3) is 0 Å². The molecule has 1 fully saturated rings.